The van der Waals surface area contributed by atoms with Crippen LogP contribution < -0.4 is 21.1 Å². The topological polar surface area (TPSA) is 133 Å². The van der Waals surface area contributed by atoms with Gasteiger partial charge in [-0.05, 0) is 45.7 Å². The van der Waals surface area contributed by atoms with Crippen molar-refractivity contribution in [3.8, 4) is 5.75 Å². The Labute approximate surface area is 180 Å². The lowest BCUT2D eigenvalue weighted by Crippen LogP contribution is -2.24. The van der Waals surface area contributed by atoms with Crippen molar-refractivity contribution in [2.75, 3.05) is 17.7 Å². The highest BCUT2D eigenvalue weighted by atomic mass is 16.6. The molecule has 9 nitrogen and oxygen atoms in total. The zero-order valence-corrected chi connectivity index (χ0v) is 17.9. The molecular formula is C22H26N4O5. The molecule has 9 heteroatoms. The number of amides is 2. The highest BCUT2D eigenvalue weighted by molar-refractivity contribution is 6.01. The van der Waals surface area contributed by atoms with Crippen molar-refractivity contribution >= 4 is 35.0 Å². The van der Waals surface area contributed by atoms with Gasteiger partial charge >= 0.3 is 5.97 Å². The second-order valence-corrected chi connectivity index (χ2v) is 8.26. The molecule has 0 unspecified atom stereocenters. The zero-order valence-electron chi connectivity index (χ0n) is 17.9. The minimum absolute atomic E-state index is 0.000342. The molecule has 0 saturated heterocycles. The molecule has 1 saturated carbocycles. The van der Waals surface area contributed by atoms with Crippen LogP contribution in [0.1, 0.15) is 54.3 Å². The molecule has 164 valence electrons. The minimum Gasteiger partial charge on any atom is -0.494 e. The van der Waals surface area contributed by atoms with Gasteiger partial charge < -0.3 is 25.8 Å². The van der Waals surface area contributed by atoms with Crippen LogP contribution in [0.2, 0.25) is 0 Å². The first-order chi connectivity index (χ1) is 14.6. The first-order valence-corrected chi connectivity index (χ1v) is 9.87. The summed E-state index contributed by atoms with van der Waals surface area (Å²) in [6.45, 7) is 5.31. The Bertz CT molecular complexity index is 1030. The monoisotopic (exact) mass is 426 g/mol. The molecule has 1 aromatic heterocycles. The molecule has 0 spiro atoms. The molecule has 0 aliphatic heterocycles. The Balaban J connectivity index is 1.95. The summed E-state index contributed by atoms with van der Waals surface area (Å²) >= 11 is 0. The van der Waals surface area contributed by atoms with E-state index >= 15 is 0 Å². The number of hydrogen-bond acceptors (Lipinski definition) is 7. The fourth-order valence-corrected chi connectivity index (χ4v) is 2.89. The molecule has 1 aliphatic rings. The number of methoxy groups -OCH3 is 1. The Kier molecular flexibility index (Phi) is 6.14. The second-order valence-electron chi connectivity index (χ2n) is 8.26. The number of pyridine rings is 1. The van der Waals surface area contributed by atoms with Crippen LogP contribution in [0.4, 0.5) is 17.2 Å². The lowest BCUT2D eigenvalue weighted by Gasteiger charge is -2.21. The molecule has 31 heavy (non-hydrogen) atoms. The summed E-state index contributed by atoms with van der Waals surface area (Å²) in [4.78, 5) is 40.7. The summed E-state index contributed by atoms with van der Waals surface area (Å²) in [7, 11) is 1.43. The van der Waals surface area contributed by atoms with E-state index in [1.54, 1.807) is 39.0 Å². The zero-order chi connectivity index (χ0) is 22.8. The summed E-state index contributed by atoms with van der Waals surface area (Å²) in [5.41, 5.74) is 5.88. The number of anilines is 3. The van der Waals surface area contributed by atoms with Crippen LogP contribution in [-0.4, -0.2) is 35.5 Å². The standard InChI is InChI=1S/C22H26N4O5/c1-22(2,3)31-21(29)13-6-5-7-15(18(13)30-4)25-16-10-17(24-11-14(16)19(23)27)26-20(28)12-8-9-12/h5-7,10-12H,8-9H2,1-4H3,(H2,23,27)(H2,24,25,26,28). The molecule has 0 radical (unpaired) electrons. The molecule has 1 aliphatic carbocycles. The SMILES string of the molecule is COc1c(Nc2cc(NC(=O)C3CC3)ncc2C(N)=O)cccc1C(=O)OC(C)(C)C. The Hall–Kier alpha value is -3.62. The lowest BCUT2D eigenvalue weighted by molar-refractivity contribution is -0.117. The van der Waals surface area contributed by atoms with E-state index in [4.69, 9.17) is 15.2 Å². The molecule has 0 bridgehead atoms. The van der Waals surface area contributed by atoms with Crippen LogP contribution in [0.25, 0.3) is 0 Å². The highest BCUT2D eigenvalue weighted by Crippen LogP contribution is 2.34. The lowest BCUT2D eigenvalue weighted by atomic mass is 10.1. The van der Waals surface area contributed by atoms with Crippen LogP contribution >= 0.6 is 0 Å². The number of nitrogens with two attached hydrogens (primary N) is 1. The van der Waals surface area contributed by atoms with Crippen LogP contribution in [-0.2, 0) is 9.53 Å². The van der Waals surface area contributed by atoms with Crippen molar-refractivity contribution in [2.45, 2.75) is 39.2 Å². The largest absolute Gasteiger partial charge is 0.494 e. The number of benzene rings is 1. The molecule has 4 N–H and O–H groups in total. The van der Waals surface area contributed by atoms with Gasteiger partial charge in [-0.1, -0.05) is 6.07 Å². The van der Waals surface area contributed by atoms with Gasteiger partial charge in [0, 0.05) is 18.2 Å². The van der Waals surface area contributed by atoms with Gasteiger partial charge in [0.15, 0.2) is 5.75 Å². The number of ether oxygens (including phenoxy) is 2. The van der Waals surface area contributed by atoms with Crippen molar-refractivity contribution in [2.24, 2.45) is 11.7 Å². The van der Waals surface area contributed by atoms with Gasteiger partial charge in [0.25, 0.3) is 5.91 Å². The van der Waals surface area contributed by atoms with Crippen LogP contribution in [0, 0.1) is 5.92 Å². The van der Waals surface area contributed by atoms with Gasteiger partial charge in [-0.15, -0.1) is 0 Å². The van der Waals surface area contributed by atoms with E-state index in [1.807, 2.05) is 0 Å². The van der Waals surface area contributed by atoms with E-state index in [0.29, 0.717) is 11.4 Å². The molecule has 2 amide bonds. The summed E-state index contributed by atoms with van der Waals surface area (Å²) in [6, 6.07) is 6.44. The van der Waals surface area contributed by atoms with E-state index in [0.717, 1.165) is 12.8 Å². The van der Waals surface area contributed by atoms with Crippen molar-refractivity contribution in [3.63, 3.8) is 0 Å². The maximum atomic E-state index is 12.6. The highest BCUT2D eigenvalue weighted by Gasteiger charge is 2.30. The number of carbonyl (C=O) groups is 3. The fourth-order valence-electron chi connectivity index (χ4n) is 2.89. The van der Waals surface area contributed by atoms with Gasteiger partial charge in [0.05, 0.1) is 24.0 Å². The minimum atomic E-state index is -0.697. The summed E-state index contributed by atoms with van der Waals surface area (Å²) in [6.07, 6.45) is 2.99. The van der Waals surface area contributed by atoms with Gasteiger partial charge in [-0.3, -0.25) is 9.59 Å². The Morgan fingerprint density at radius 1 is 1.13 bits per heavy atom. The van der Waals surface area contributed by atoms with Crippen molar-refractivity contribution in [1.82, 2.24) is 4.98 Å². The summed E-state index contributed by atoms with van der Waals surface area (Å²) in [5.74, 6) is -0.832. The van der Waals surface area contributed by atoms with Gasteiger partial charge in [0.2, 0.25) is 5.91 Å². The van der Waals surface area contributed by atoms with E-state index in [-0.39, 0.29) is 34.5 Å². The third-order valence-corrected chi connectivity index (χ3v) is 4.48. The molecule has 3 rings (SSSR count). The third-order valence-electron chi connectivity index (χ3n) is 4.48. The van der Waals surface area contributed by atoms with Crippen LogP contribution in [0.3, 0.4) is 0 Å². The van der Waals surface area contributed by atoms with Crippen molar-refractivity contribution in [3.05, 3.63) is 41.6 Å². The number of nitrogens with zero attached hydrogens (tertiary/aromatic N) is 1. The van der Waals surface area contributed by atoms with Crippen molar-refractivity contribution < 1.29 is 23.9 Å². The number of rotatable bonds is 7. The van der Waals surface area contributed by atoms with Gasteiger partial charge in [-0.2, -0.15) is 0 Å². The number of para-hydroxylation sites is 1. The first kappa shape index (κ1) is 22.1. The van der Waals surface area contributed by atoms with Gasteiger partial charge in [0.1, 0.15) is 17.0 Å². The molecule has 1 fully saturated rings. The second kappa shape index (κ2) is 8.63. The Morgan fingerprint density at radius 3 is 2.42 bits per heavy atom. The smallest absolute Gasteiger partial charge is 0.342 e. The number of nitrogens with one attached hydrogen (secondary N) is 2. The quantitative estimate of drug-likeness (QED) is 0.579. The molecule has 2 aromatic rings. The number of hydrogen-bond donors (Lipinski definition) is 3. The fraction of sp³-hybridized carbons (Fsp3) is 0.364. The maximum absolute atomic E-state index is 12.6. The number of esters is 1. The normalized spacial score (nSPS) is 13.3. The maximum Gasteiger partial charge on any atom is 0.342 e. The van der Waals surface area contributed by atoms with E-state index in [2.05, 4.69) is 15.6 Å². The number of aromatic nitrogens is 1. The van der Waals surface area contributed by atoms with E-state index in [9.17, 15) is 14.4 Å². The average molecular weight is 426 g/mol. The molecule has 1 heterocycles. The predicted molar refractivity (Wildman–Crippen MR) is 116 cm³/mol. The van der Waals surface area contributed by atoms with E-state index in [1.165, 1.54) is 19.4 Å². The van der Waals surface area contributed by atoms with E-state index < -0.39 is 17.5 Å². The molecular weight excluding hydrogens is 400 g/mol. The average Bonchev–Trinajstić information content (AvgIpc) is 3.51. The predicted octanol–water partition coefficient (Wildman–Crippen LogP) is 3.24. The summed E-state index contributed by atoms with van der Waals surface area (Å²) in [5, 5.41) is 5.80. The third kappa shape index (κ3) is 5.50. The molecule has 0 atom stereocenters. The van der Waals surface area contributed by atoms with Crippen molar-refractivity contribution in [1.29, 1.82) is 0 Å². The Morgan fingerprint density at radius 2 is 1.84 bits per heavy atom. The molecule has 1 aromatic carbocycles. The van der Waals surface area contributed by atoms with Crippen LogP contribution in [0.15, 0.2) is 30.5 Å². The van der Waals surface area contributed by atoms with Gasteiger partial charge in [-0.25, -0.2) is 9.78 Å². The first-order valence-electron chi connectivity index (χ1n) is 9.87. The summed E-state index contributed by atoms with van der Waals surface area (Å²) < 4.78 is 10.9. The van der Waals surface area contributed by atoms with Crippen LogP contribution in [0.5, 0.6) is 5.75 Å². The number of primary amides is 1. The number of carbonyl (C=O) groups excluding carboxylic acids is 3.